The lowest BCUT2D eigenvalue weighted by Gasteiger charge is -2.37. The van der Waals surface area contributed by atoms with Crippen molar-refractivity contribution in [3.05, 3.63) is 54.2 Å². The van der Waals surface area contributed by atoms with Crippen molar-refractivity contribution in [2.75, 3.05) is 23.7 Å². The molecule has 0 saturated carbocycles. The third-order valence-electron chi connectivity index (χ3n) is 7.09. The van der Waals surface area contributed by atoms with Gasteiger partial charge in [-0.1, -0.05) is 45.0 Å². The number of likely N-dealkylation sites (tertiary alicyclic amines) is 1. The smallest absolute Gasteiger partial charge is 0.325 e. The van der Waals surface area contributed by atoms with Crippen LogP contribution in [0.1, 0.15) is 39.2 Å². The standard InChI is InChI=1S/C28H29F3N6O4/c1-26(2,3)13-20(37(16-28(29,30)31)24(40)22(38)35-21-10-6-7-11-33-21)23(39)36-15-27(12-17(36)14-32)18-8-4-5-9-19(18)34-25(27)41/h4-11,17,20H,12-13,15-16H2,1-3H3,(H,34,41)(H,33,35,38)/t17-,20-,27-/m0/s1. The Labute approximate surface area is 234 Å². The average molecular weight is 571 g/mol. The highest BCUT2D eigenvalue weighted by molar-refractivity contribution is 6.39. The number of aromatic nitrogens is 1. The number of benzene rings is 1. The Bertz CT molecular complexity index is 1400. The van der Waals surface area contributed by atoms with Gasteiger partial charge in [0.15, 0.2) is 0 Å². The van der Waals surface area contributed by atoms with Crippen molar-refractivity contribution in [3.63, 3.8) is 0 Å². The molecule has 216 valence electrons. The molecule has 0 radical (unpaired) electrons. The first kappa shape index (κ1) is 29.5. The van der Waals surface area contributed by atoms with Crippen molar-refractivity contribution in [2.24, 2.45) is 5.41 Å². The highest BCUT2D eigenvalue weighted by atomic mass is 19.4. The van der Waals surface area contributed by atoms with E-state index in [1.807, 2.05) is 6.07 Å². The van der Waals surface area contributed by atoms with E-state index in [1.165, 1.54) is 18.3 Å². The van der Waals surface area contributed by atoms with Gasteiger partial charge in [0.05, 0.1) is 11.5 Å². The van der Waals surface area contributed by atoms with Gasteiger partial charge in [0.1, 0.15) is 24.4 Å². The molecule has 3 atom stereocenters. The van der Waals surface area contributed by atoms with Gasteiger partial charge in [0.2, 0.25) is 11.8 Å². The second kappa shape index (κ2) is 10.8. The molecule has 13 heteroatoms. The van der Waals surface area contributed by atoms with E-state index in [0.717, 1.165) is 4.90 Å². The maximum atomic E-state index is 14.1. The number of halogens is 3. The lowest BCUT2D eigenvalue weighted by atomic mass is 9.80. The van der Waals surface area contributed by atoms with Crippen molar-refractivity contribution in [1.29, 1.82) is 5.26 Å². The van der Waals surface area contributed by atoms with Crippen LogP contribution < -0.4 is 10.6 Å². The van der Waals surface area contributed by atoms with Crippen molar-refractivity contribution in [1.82, 2.24) is 14.8 Å². The third kappa shape index (κ3) is 6.16. The molecule has 0 bridgehead atoms. The van der Waals surface area contributed by atoms with Crippen molar-refractivity contribution < 1.29 is 32.3 Å². The topological polar surface area (TPSA) is 136 Å². The van der Waals surface area contributed by atoms with E-state index < -0.39 is 59.3 Å². The average Bonchev–Trinajstić information content (AvgIpc) is 3.42. The van der Waals surface area contributed by atoms with Gasteiger partial charge in [-0.2, -0.15) is 18.4 Å². The first-order chi connectivity index (χ1) is 19.1. The van der Waals surface area contributed by atoms with Gasteiger partial charge in [0, 0.05) is 24.8 Å². The summed E-state index contributed by atoms with van der Waals surface area (Å²) in [6.07, 6.45) is -3.97. The van der Waals surface area contributed by atoms with Crippen LogP contribution in [0.25, 0.3) is 0 Å². The number of carbonyl (C=O) groups excluding carboxylic acids is 4. The van der Waals surface area contributed by atoms with Gasteiger partial charge in [-0.05, 0) is 35.6 Å². The van der Waals surface area contributed by atoms with Crippen molar-refractivity contribution in [2.45, 2.75) is 57.3 Å². The summed E-state index contributed by atoms with van der Waals surface area (Å²) in [7, 11) is 0. The molecule has 0 unspecified atom stereocenters. The molecule has 41 heavy (non-hydrogen) atoms. The number of nitriles is 1. The number of para-hydroxylation sites is 1. The molecule has 2 aromatic rings. The molecule has 4 rings (SSSR count). The van der Waals surface area contributed by atoms with Crippen LogP contribution in [0.5, 0.6) is 0 Å². The third-order valence-corrected chi connectivity index (χ3v) is 7.09. The molecule has 10 nitrogen and oxygen atoms in total. The quantitative estimate of drug-likeness (QED) is 0.530. The van der Waals surface area contributed by atoms with E-state index in [2.05, 4.69) is 15.6 Å². The number of fused-ring (bicyclic) bond motifs is 2. The Morgan fingerprint density at radius 1 is 1.20 bits per heavy atom. The minimum Gasteiger partial charge on any atom is -0.325 e. The van der Waals surface area contributed by atoms with Crippen LogP contribution in [-0.4, -0.2) is 69.8 Å². The first-order valence-corrected chi connectivity index (χ1v) is 12.9. The number of pyridine rings is 1. The molecule has 2 aliphatic rings. The normalized spacial score (nSPS) is 20.7. The highest BCUT2D eigenvalue weighted by Crippen LogP contribution is 2.46. The molecular weight excluding hydrogens is 541 g/mol. The number of rotatable bonds is 5. The molecule has 1 aromatic carbocycles. The summed E-state index contributed by atoms with van der Waals surface area (Å²) in [5.74, 6) is -4.43. The van der Waals surface area contributed by atoms with E-state index in [-0.39, 0.29) is 30.1 Å². The Balaban J connectivity index is 1.72. The number of alkyl halides is 3. The minimum absolute atomic E-state index is 0.0616. The second-order valence-corrected chi connectivity index (χ2v) is 11.4. The number of amides is 4. The summed E-state index contributed by atoms with van der Waals surface area (Å²) in [6.45, 7) is 2.86. The monoisotopic (exact) mass is 570 g/mol. The summed E-state index contributed by atoms with van der Waals surface area (Å²) in [6, 6.07) is 10.3. The van der Waals surface area contributed by atoms with Gasteiger partial charge < -0.3 is 20.4 Å². The fourth-order valence-corrected chi connectivity index (χ4v) is 5.34. The number of hydrogen-bond acceptors (Lipinski definition) is 6. The van der Waals surface area contributed by atoms with Crippen LogP contribution in [-0.2, 0) is 24.6 Å². The van der Waals surface area contributed by atoms with Crippen LogP contribution in [0.2, 0.25) is 0 Å². The molecule has 2 N–H and O–H groups in total. The van der Waals surface area contributed by atoms with Gasteiger partial charge in [-0.15, -0.1) is 0 Å². The van der Waals surface area contributed by atoms with Crippen LogP contribution >= 0.6 is 0 Å². The van der Waals surface area contributed by atoms with Crippen molar-refractivity contribution >= 4 is 35.1 Å². The number of nitrogens with one attached hydrogen (secondary N) is 2. The maximum absolute atomic E-state index is 14.1. The van der Waals surface area contributed by atoms with Crippen LogP contribution in [0.3, 0.4) is 0 Å². The molecule has 3 heterocycles. The minimum atomic E-state index is -4.96. The Hall–Kier alpha value is -4.47. The summed E-state index contributed by atoms with van der Waals surface area (Å²) < 4.78 is 41.5. The molecule has 1 saturated heterocycles. The number of hydrogen-bond donors (Lipinski definition) is 2. The number of carbonyl (C=O) groups is 4. The summed E-state index contributed by atoms with van der Waals surface area (Å²) >= 11 is 0. The Kier molecular flexibility index (Phi) is 7.80. The van der Waals surface area contributed by atoms with E-state index in [4.69, 9.17) is 0 Å². The van der Waals surface area contributed by atoms with Gasteiger partial charge in [-0.3, -0.25) is 19.2 Å². The number of nitrogens with zero attached hydrogens (tertiary/aromatic N) is 4. The van der Waals surface area contributed by atoms with Gasteiger partial charge in [-0.25, -0.2) is 4.98 Å². The van der Waals surface area contributed by atoms with E-state index >= 15 is 0 Å². The van der Waals surface area contributed by atoms with Crippen LogP contribution in [0, 0.1) is 16.7 Å². The lowest BCUT2D eigenvalue weighted by Crippen LogP contribution is -2.57. The maximum Gasteiger partial charge on any atom is 0.406 e. The highest BCUT2D eigenvalue weighted by Gasteiger charge is 2.57. The van der Waals surface area contributed by atoms with Crippen molar-refractivity contribution in [3.8, 4) is 6.07 Å². The first-order valence-electron chi connectivity index (χ1n) is 12.9. The molecule has 1 spiro atoms. The van der Waals surface area contributed by atoms with Crippen LogP contribution in [0.4, 0.5) is 24.7 Å². The number of anilines is 2. The lowest BCUT2D eigenvalue weighted by molar-refractivity contribution is -0.173. The molecule has 1 aromatic heterocycles. The largest absolute Gasteiger partial charge is 0.406 e. The zero-order valence-electron chi connectivity index (χ0n) is 22.7. The summed E-state index contributed by atoms with van der Waals surface area (Å²) in [4.78, 5) is 58.5. The summed E-state index contributed by atoms with van der Waals surface area (Å²) in [5, 5.41) is 14.9. The van der Waals surface area contributed by atoms with Crippen LogP contribution in [0.15, 0.2) is 48.7 Å². The van der Waals surface area contributed by atoms with Gasteiger partial charge >= 0.3 is 18.0 Å². The fraction of sp³-hybridized carbons (Fsp3) is 0.429. The Morgan fingerprint density at radius 3 is 2.49 bits per heavy atom. The fourth-order valence-electron chi connectivity index (χ4n) is 5.34. The molecule has 1 fully saturated rings. The summed E-state index contributed by atoms with van der Waals surface area (Å²) in [5.41, 5.74) is -0.965. The molecule has 0 aliphatic carbocycles. The molecular formula is C28H29F3N6O4. The van der Waals surface area contributed by atoms with E-state index in [9.17, 15) is 37.6 Å². The zero-order valence-corrected chi connectivity index (χ0v) is 22.7. The molecule has 4 amide bonds. The van der Waals surface area contributed by atoms with E-state index in [1.54, 1.807) is 51.1 Å². The predicted octanol–water partition coefficient (Wildman–Crippen LogP) is 3.23. The van der Waals surface area contributed by atoms with E-state index in [0.29, 0.717) is 11.3 Å². The SMILES string of the molecule is CC(C)(C)C[C@@H](C(=O)N1C[C@]2(C[C@H]1C#N)C(=O)Nc1ccccc12)N(CC(F)(F)F)C(=O)C(=O)Nc1ccccn1. The Morgan fingerprint density at radius 2 is 1.88 bits per heavy atom. The van der Waals surface area contributed by atoms with Gasteiger partial charge in [0.25, 0.3) is 0 Å². The predicted molar refractivity (Wildman–Crippen MR) is 141 cm³/mol. The molecule has 2 aliphatic heterocycles. The zero-order chi connectivity index (χ0) is 30.2. The second-order valence-electron chi connectivity index (χ2n) is 11.4.